The second-order valence-corrected chi connectivity index (χ2v) is 4.57. The van der Waals surface area contributed by atoms with Gasteiger partial charge in [0.25, 0.3) is 5.56 Å². The number of fused-ring (bicyclic) bond motifs is 5. The van der Waals surface area contributed by atoms with Crippen LogP contribution >= 0.6 is 0 Å². The third-order valence-electron chi connectivity index (χ3n) is 3.76. The summed E-state index contributed by atoms with van der Waals surface area (Å²) in [5, 5.41) is 0. The number of ether oxygens (including phenoxy) is 1. The summed E-state index contributed by atoms with van der Waals surface area (Å²) in [5.74, 6) is 0.830. The summed E-state index contributed by atoms with van der Waals surface area (Å²) < 4.78 is 4.91. The van der Waals surface area contributed by atoms with Crippen LogP contribution in [0.25, 0.3) is 0 Å². The molecule has 2 aliphatic rings. The first-order chi connectivity index (χ1) is 7.70. The van der Waals surface area contributed by atoms with Gasteiger partial charge in [0.1, 0.15) is 0 Å². The van der Waals surface area contributed by atoms with Crippen molar-refractivity contribution in [1.82, 2.24) is 4.98 Å². The van der Waals surface area contributed by atoms with E-state index in [0.29, 0.717) is 11.8 Å². The Balaban J connectivity index is 2.36. The van der Waals surface area contributed by atoms with Crippen molar-refractivity contribution in [2.75, 3.05) is 7.11 Å². The average Bonchev–Trinajstić information content (AvgIpc) is 2.82. The molecule has 0 aromatic carbocycles. The van der Waals surface area contributed by atoms with E-state index in [-0.39, 0.29) is 16.7 Å². The normalized spacial score (nSPS) is 25.6. The van der Waals surface area contributed by atoms with Gasteiger partial charge in [0.2, 0.25) is 0 Å². The molecule has 1 aromatic heterocycles. The van der Waals surface area contributed by atoms with Gasteiger partial charge < -0.3 is 9.72 Å². The quantitative estimate of drug-likeness (QED) is 0.769. The fraction of sp³-hybridized carbons (Fsp3) is 0.500. The van der Waals surface area contributed by atoms with E-state index >= 15 is 0 Å². The van der Waals surface area contributed by atoms with Gasteiger partial charge in [-0.1, -0.05) is 0 Å². The molecule has 2 unspecified atom stereocenters. The van der Waals surface area contributed by atoms with Crippen LogP contribution in [0.5, 0.6) is 5.75 Å². The third-order valence-corrected chi connectivity index (χ3v) is 3.76. The second kappa shape index (κ2) is 3.20. The minimum Gasteiger partial charge on any atom is -0.491 e. The van der Waals surface area contributed by atoms with Gasteiger partial charge in [-0.25, -0.2) is 0 Å². The van der Waals surface area contributed by atoms with E-state index in [1.54, 1.807) is 0 Å². The number of rotatable bonds is 1. The maximum Gasteiger partial charge on any atom is 0.290 e. The lowest BCUT2D eigenvalue weighted by Crippen LogP contribution is -2.11. The Labute approximate surface area is 92.3 Å². The van der Waals surface area contributed by atoms with Gasteiger partial charge in [-0.2, -0.15) is 0 Å². The van der Waals surface area contributed by atoms with Crippen LogP contribution in [0.2, 0.25) is 0 Å². The van der Waals surface area contributed by atoms with E-state index in [1.165, 1.54) is 13.2 Å². The van der Waals surface area contributed by atoms with Gasteiger partial charge in [-0.3, -0.25) is 9.59 Å². The third kappa shape index (κ3) is 1.16. The van der Waals surface area contributed by atoms with E-state index in [9.17, 15) is 9.59 Å². The molecule has 4 heteroatoms. The lowest BCUT2D eigenvalue weighted by molar-refractivity contribution is 0.408. The number of hydrogen-bond acceptors (Lipinski definition) is 3. The molecule has 1 heterocycles. The van der Waals surface area contributed by atoms with E-state index < -0.39 is 0 Å². The van der Waals surface area contributed by atoms with Gasteiger partial charge in [-0.05, 0) is 25.2 Å². The topological polar surface area (TPSA) is 59.2 Å². The highest BCUT2D eigenvalue weighted by Gasteiger charge is 2.39. The Morgan fingerprint density at radius 3 is 2.81 bits per heavy atom. The van der Waals surface area contributed by atoms with Gasteiger partial charge in [-0.15, -0.1) is 0 Å². The van der Waals surface area contributed by atoms with Crippen LogP contribution < -0.4 is 15.7 Å². The fourth-order valence-corrected chi connectivity index (χ4v) is 3.05. The van der Waals surface area contributed by atoms with E-state index in [1.807, 2.05) is 0 Å². The molecule has 0 saturated heterocycles. The van der Waals surface area contributed by atoms with Crippen LogP contribution in [-0.4, -0.2) is 12.1 Å². The number of aromatic amines is 1. The number of nitrogens with one attached hydrogen (secondary N) is 1. The molecule has 1 N–H and O–H groups in total. The molecule has 84 valence electrons. The van der Waals surface area contributed by atoms with Crippen molar-refractivity contribution >= 4 is 0 Å². The van der Waals surface area contributed by atoms with Crippen LogP contribution in [0.4, 0.5) is 0 Å². The highest BCUT2D eigenvalue weighted by molar-refractivity contribution is 5.37. The van der Waals surface area contributed by atoms with Crippen molar-refractivity contribution in [2.24, 2.45) is 0 Å². The molecule has 4 nitrogen and oxygen atoms in total. The Morgan fingerprint density at radius 2 is 2.06 bits per heavy atom. The lowest BCUT2D eigenvalue weighted by Gasteiger charge is -2.09. The summed E-state index contributed by atoms with van der Waals surface area (Å²) in [7, 11) is 1.41. The molecular formula is C12H13NO3. The molecule has 2 atom stereocenters. The second-order valence-electron chi connectivity index (χ2n) is 4.57. The smallest absolute Gasteiger partial charge is 0.290 e. The van der Waals surface area contributed by atoms with Gasteiger partial charge in [0.15, 0.2) is 11.2 Å². The first kappa shape index (κ1) is 9.63. The van der Waals surface area contributed by atoms with Crippen molar-refractivity contribution in [3.63, 3.8) is 0 Å². The van der Waals surface area contributed by atoms with E-state index in [4.69, 9.17) is 4.74 Å². The maximum absolute atomic E-state index is 12.0. The van der Waals surface area contributed by atoms with E-state index in [0.717, 1.165) is 30.5 Å². The van der Waals surface area contributed by atoms with Crippen LogP contribution in [0, 0.1) is 0 Å². The maximum atomic E-state index is 12.0. The predicted molar refractivity (Wildman–Crippen MR) is 59.2 cm³/mol. The molecule has 1 fully saturated rings. The standard InChI is InChI=1S/C12H13NO3/c1-16-9-5-8(14)10-6-2-3-7(4-6)11(10)13-12(9)15/h5-7H,2-4H2,1H3,(H,13,15). The summed E-state index contributed by atoms with van der Waals surface area (Å²) >= 11 is 0. The van der Waals surface area contributed by atoms with E-state index in [2.05, 4.69) is 4.98 Å². The van der Waals surface area contributed by atoms with Crippen LogP contribution in [0.3, 0.4) is 0 Å². The molecule has 0 aliphatic heterocycles. The number of H-pyrrole nitrogens is 1. The molecule has 3 rings (SSSR count). The monoisotopic (exact) mass is 219 g/mol. The van der Waals surface area contributed by atoms with Crippen LogP contribution in [-0.2, 0) is 0 Å². The minimum absolute atomic E-state index is 0.0580. The summed E-state index contributed by atoms with van der Waals surface area (Å²) in [6.45, 7) is 0. The number of methoxy groups -OCH3 is 1. The first-order valence-electron chi connectivity index (χ1n) is 5.56. The predicted octanol–water partition coefficient (Wildman–Crippen LogP) is 1.11. The molecule has 0 radical (unpaired) electrons. The average molecular weight is 219 g/mol. The summed E-state index contributed by atoms with van der Waals surface area (Å²) in [4.78, 5) is 26.5. The molecule has 16 heavy (non-hydrogen) atoms. The van der Waals surface area contributed by atoms with Gasteiger partial charge >= 0.3 is 0 Å². The first-order valence-corrected chi connectivity index (χ1v) is 5.56. The molecular weight excluding hydrogens is 206 g/mol. The molecule has 1 aromatic rings. The molecule has 0 spiro atoms. The summed E-state index contributed by atoms with van der Waals surface area (Å²) in [5.41, 5.74) is 1.32. The molecule has 0 amide bonds. The Kier molecular flexibility index (Phi) is 1.93. The fourth-order valence-electron chi connectivity index (χ4n) is 3.05. The van der Waals surface area contributed by atoms with Crippen molar-refractivity contribution in [3.8, 4) is 5.75 Å². The summed E-state index contributed by atoms with van der Waals surface area (Å²) in [6.07, 6.45) is 3.17. The Hall–Kier alpha value is -1.58. The van der Waals surface area contributed by atoms with Crippen molar-refractivity contribution < 1.29 is 4.74 Å². The Morgan fingerprint density at radius 1 is 1.31 bits per heavy atom. The molecule has 2 aliphatic carbocycles. The largest absolute Gasteiger partial charge is 0.491 e. The number of hydrogen-bond donors (Lipinski definition) is 1. The number of aromatic nitrogens is 1. The minimum atomic E-state index is -0.298. The highest BCUT2D eigenvalue weighted by atomic mass is 16.5. The van der Waals surface area contributed by atoms with Gasteiger partial charge in [0, 0.05) is 23.2 Å². The Bertz CT molecular complexity index is 561. The molecule has 2 bridgehead atoms. The summed E-state index contributed by atoms with van der Waals surface area (Å²) in [6, 6.07) is 1.32. The van der Waals surface area contributed by atoms with Crippen molar-refractivity contribution in [3.05, 3.63) is 37.9 Å². The highest BCUT2D eigenvalue weighted by Crippen LogP contribution is 2.50. The van der Waals surface area contributed by atoms with Crippen LogP contribution in [0.1, 0.15) is 42.4 Å². The van der Waals surface area contributed by atoms with Crippen molar-refractivity contribution in [1.29, 1.82) is 0 Å². The zero-order valence-electron chi connectivity index (χ0n) is 9.08. The lowest BCUT2D eigenvalue weighted by atomic mass is 9.97. The molecule has 1 saturated carbocycles. The zero-order valence-corrected chi connectivity index (χ0v) is 9.08. The zero-order chi connectivity index (χ0) is 11.3. The van der Waals surface area contributed by atoms with Crippen LogP contribution in [0.15, 0.2) is 15.7 Å². The SMILES string of the molecule is COc1cc(=O)c2c([nH]c1=O)C1CCC2C1. The van der Waals surface area contributed by atoms with Gasteiger partial charge in [0.05, 0.1) is 7.11 Å². The van der Waals surface area contributed by atoms with Crippen molar-refractivity contribution in [2.45, 2.75) is 31.1 Å².